The van der Waals surface area contributed by atoms with Gasteiger partial charge in [0, 0.05) is 19.5 Å². The van der Waals surface area contributed by atoms with Gasteiger partial charge in [0.2, 0.25) is 5.91 Å². The third-order valence-corrected chi connectivity index (χ3v) is 5.44. The summed E-state index contributed by atoms with van der Waals surface area (Å²) in [6, 6.07) is 3.89. The minimum absolute atomic E-state index is 0.0326. The molecule has 1 atom stereocenters. The van der Waals surface area contributed by atoms with Gasteiger partial charge in [0.05, 0.1) is 25.3 Å². The molecule has 0 aromatic carbocycles. The Kier molecular flexibility index (Phi) is 5.34. The Labute approximate surface area is 153 Å². The number of amides is 1. The van der Waals surface area contributed by atoms with Crippen LogP contribution in [-0.2, 0) is 30.8 Å². The van der Waals surface area contributed by atoms with Crippen LogP contribution in [0.15, 0.2) is 22.8 Å². The van der Waals surface area contributed by atoms with Gasteiger partial charge in [-0.1, -0.05) is 6.42 Å². The third-order valence-electron chi connectivity index (χ3n) is 5.44. The molecule has 1 saturated heterocycles. The molecule has 2 aliphatic heterocycles. The number of carbonyl (C=O) groups is 1. The van der Waals surface area contributed by atoms with Crippen molar-refractivity contribution in [3.8, 4) is 0 Å². The lowest BCUT2D eigenvalue weighted by molar-refractivity contribution is -0.127. The topological polar surface area (TPSA) is 76.2 Å². The van der Waals surface area contributed by atoms with Crippen molar-refractivity contribution in [1.82, 2.24) is 25.0 Å². The highest BCUT2D eigenvalue weighted by Gasteiger charge is 2.26. The highest BCUT2D eigenvalue weighted by molar-refractivity contribution is 5.78. The second-order valence-corrected chi connectivity index (χ2v) is 7.37. The minimum Gasteiger partial charge on any atom is -0.468 e. The third kappa shape index (κ3) is 3.98. The summed E-state index contributed by atoms with van der Waals surface area (Å²) in [4.78, 5) is 15.0. The van der Waals surface area contributed by atoms with Crippen LogP contribution in [0.25, 0.3) is 0 Å². The van der Waals surface area contributed by atoms with E-state index in [1.807, 2.05) is 12.1 Å². The van der Waals surface area contributed by atoms with E-state index in [0.717, 1.165) is 69.3 Å². The van der Waals surface area contributed by atoms with E-state index in [4.69, 9.17) is 4.42 Å². The molecule has 2 aliphatic rings. The lowest BCUT2D eigenvalue weighted by Gasteiger charge is -2.31. The first-order chi connectivity index (χ1) is 12.8. The van der Waals surface area contributed by atoms with Crippen LogP contribution in [0, 0.1) is 5.92 Å². The number of carbonyl (C=O) groups excluding carboxylic acids is 1. The number of aromatic nitrogens is 3. The van der Waals surface area contributed by atoms with Crippen LogP contribution in [-0.4, -0.2) is 38.7 Å². The van der Waals surface area contributed by atoms with Crippen molar-refractivity contribution in [1.29, 1.82) is 0 Å². The molecule has 0 radical (unpaired) electrons. The second-order valence-electron chi connectivity index (χ2n) is 7.37. The molecule has 7 nitrogen and oxygen atoms in total. The smallest absolute Gasteiger partial charge is 0.224 e. The number of rotatable bonds is 5. The highest BCUT2D eigenvalue weighted by Crippen LogP contribution is 2.19. The number of hydrogen-bond acceptors (Lipinski definition) is 5. The number of hydrogen-bond donors (Lipinski definition) is 1. The summed E-state index contributed by atoms with van der Waals surface area (Å²) in [7, 11) is 0. The number of likely N-dealkylation sites (tertiary alicyclic amines) is 1. The average Bonchev–Trinajstić information content (AvgIpc) is 3.24. The van der Waals surface area contributed by atoms with E-state index in [1.54, 1.807) is 6.26 Å². The fourth-order valence-corrected chi connectivity index (χ4v) is 4.02. The fraction of sp³-hybridized carbons (Fsp3) is 0.632. The zero-order chi connectivity index (χ0) is 17.8. The van der Waals surface area contributed by atoms with Crippen LogP contribution < -0.4 is 5.32 Å². The summed E-state index contributed by atoms with van der Waals surface area (Å²) in [6.45, 7) is 4.01. The first-order valence-electron chi connectivity index (χ1n) is 9.73. The van der Waals surface area contributed by atoms with Gasteiger partial charge < -0.3 is 14.3 Å². The predicted molar refractivity (Wildman–Crippen MR) is 96.1 cm³/mol. The van der Waals surface area contributed by atoms with Crippen molar-refractivity contribution in [3.63, 3.8) is 0 Å². The van der Waals surface area contributed by atoms with Gasteiger partial charge in [-0.3, -0.25) is 9.69 Å². The van der Waals surface area contributed by atoms with Gasteiger partial charge in [-0.2, -0.15) is 0 Å². The number of piperidine rings is 1. The molecule has 0 spiro atoms. The molecular formula is C19H27N5O2. The molecule has 1 fully saturated rings. The molecule has 2 aromatic rings. The van der Waals surface area contributed by atoms with Gasteiger partial charge in [-0.25, -0.2) is 0 Å². The summed E-state index contributed by atoms with van der Waals surface area (Å²) in [5.74, 6) is 3.06. The minimum atomic E-state index is 0.0326. The Morgan fingerprint density at radius 1 is 1.23 bits per heavy atom. The maximum absolute atomic E-state index is 12.7. The summed E-state index contributed by atoms with van der Waals surface area (Å²) >= 11 is 0. The molecule has 2 aromatic heterocycles. The largest absolute Gasteiger partial charge is 0.468 e. The monoisotopic (exact) mass is 357 g/mol. The number of fused-ring (bicyclic) bond motifs is 1. The molecule has 1 amide bonds. The van der Waals surface area contributed by atoms with Crippen LogP contribution in [0.2, 0.25) is 0 Å². The number of nitrogens with zero attached hydrogens (tertiary/aromatic N) is 4. The normalized spacial score (nSPS) is 21.2. The van der Waals surface area contributed by atoms with E-state index < -0.39 is 0 Å². The Balaban J connectivity index is 1.31. The van der Waals surface area contributed by atoms with E-state index >= 15 is 0 Å². The van der Waals surface area contributed by atoms with Crippen molar-refractivity contribution in [3.05, 3.63) is 35.8 Å². The Bertz CT molecular complexity index is 724. The number of aryl methyl sites for hydroxylation is 1. The van der Waals surface area contributed by atoms with Crippen molar-refractivity contribution in [2.75, 3.05) is 13.1 Å². The molecule has 26 heavy (non-hydrogen) atoms. The maximum Gasteiger partial charge on any atom is 0.224 e. The van der Waals surface area contributed by atoms with E-state index in [-0.39, 0.29) is 11.8 Å². The first kappa shape index (κ1) is 17.3. The molecular weight excluding hydrogens is 330 g/mol. The molecule has 1 N–H and O–H groups in total. The van der Waals surface area contributed by atoms with E-state index in [1.165, 1.54) is 12.8 Å². The van der Waals surface area contributed by atoms with Gasteiger partial charge in [-0.15, -0.1) is 10.2 Å². The van der Waals surface area contributed by atoms with Crippen LogP contribution in [0.5, 0.6) is 0 Å². The van der Waals surface area contributed by atoms with Crippen LogP contribution >= 0.6 is 0 Å². The fourth-order valence-electron chi connectivity index (χ4n) is 4.02. The molecule has 7 heteroatoms. The molecule has 0 bridgehead atoms. The standard InChI is InChI=1S/C19H27N5O2/c25-19(15-6-4-9-23(13-15)14-16-7-5-11-26-16)20-12-18-22-21-17-8-2-1-3-10-24(17)18/h5,7,11,15H,1-4,6,8-10,12-14H2,(H,20,25). The van der Waals surface area contributed by atoms with Crippen LogP contribution in [0.3, 0.4) is 0 Å². The average molecular weight is 357 g/mol. The van der Waals surface area contributed by atoms with Crippen molar-refractivity contribution >= 4 is 5.91 Å². The summed E-state index contributed by atoms with van der Waals surface area (Å²) in [6.07, 6.45) is 8.25. The molecule has 4 heterocycles. The van der Waals surface area contributed by atoms with E-state index in [9.17, 15) is 4.79 Å². The summed E-state index contributed by atoms with van der Waals surface area (Å²) in [5, 5.41) is 11.7. The second kappa shape index (κ2) is 8.03. The maximum atomic E-state index is 12.7. The highest BCUT2D eigenvalue weighted by atomic mass is 16.3. The molecule has 1 unspecified atom stereocenters. The molecule has 0 saturated carbocycles. The van der Waals surface area contributed by atoms with Gasteiger partial charge in [-0.05, 0) is 44.4 Å². The van der Waals surface area contributed by atoms with Crippen molar-refractivity contribution in [2.24, 2.45) is 5.92 Å². The predicted octanol–water partition coefficient (Wildman–Crippen LogP) is 2.13. The lowest BCUT2D eigenvalue weighted by Crippen LogP contribution is -2.42. The summed E-state index contributed by atoms with van der Waals surface area (Å²) < 4.78 is 7.62. The van der Waals surface area contributed by atoms with Crippen molar-refractivity contribution in [2.45, 2.75) is 58.2 Å². The molecule has 0 aliphatic carbocycles. The molecule has 4 rings (SSSR count). The van der Waals surface area contributed by atoms with Gasteiger partial charge in [0.1, 0.15) is 11.6 Å². The lowest BCUT2D eigenvalue weighted by atomic mass is 9.97. The van der Waals surface area contributed by atoms with Gasteiger partial charge >= 0.3 is 0 Å². The quantitative estimate of drug-likeness (QED) is 0.887. The summed E-state index contributed by atoms with van der Waals surface area (Å²) in [5.41, 5.74) is 0. The van der Waals surface area contributed by atoms with Crippen LogP contribution in [0.4, 0.5) is 0 Å². The Morgan fingerprint density at radius 3 is 3.08 bits per heavy atom. The Morgan fingerprint density at radius 2 is 2.19 bits per heavy atom. The SMILES string of the molecule is O=C(NCc1nnc2n1CCCCC2)C1CCCN(Cc2ccco2)C1. The van der Waals surface area contributed by atoms with Gasteiger partial charge in [0.15, 0.2) is 5.82 Å². The zero-order valence-corrected chi connectivity index (χ0v) is 15.2. The van der Waals surface area contributed by atoms with Crippen LogP contribution in [0.1, 0.15) is 49.5 Å². The Hall–Kier alpha value is -2.15. The zero-order valence-electron chi connectivity index (χ0n) is 15.2. The van der Waals surface area contributed by atoms with Gasteiger partial charge in [0.25, 0.3) is 0 Å². The number of furan rings is 1. The molecule has 140 valence electrons. The first-order valence-corrected chi connectivity index (χ1v) is 9.73. The van der Waals surface area contributed by atoms with E-state index in [2.05, 4.69) is 25.0 Å². The van der Waals surface area contributed by atoms with Crippen molar-refractivity contribution < 1.29 is 9.21 Å². The number of nitrogens with one attached hydrogen (secondary N) is 1. The van der Waals surface area contributed by atoms with E-state index in [0.29, 0.717) is 6.54 Å².